The van der Waals surface area contributed by atoms with E-state index in [9.17, 15) is 0 Å². The van der Waals surface area contributed by atoms with E-state index in [0.717, 1.165) is 22.4 Å². The Morgan fingerprint density at radius 3 is 1.35 bits per heavy atom. The summed E-state index contributed by atoms with van der Waals surface area (Å²) in [7, 11) is 6.54. The molecule has 0 fully saturated rings. The number of hydrogen-bond acceptors (Lipinski definition) is 5. The summed E-state index contributed by atoms with van der Waals surface area (Å²) < 4.78 is 28.6. The minimum absolute atomic E-state index is 0.0565. The molecular weight excluding hydrogens is 391 g/mol. The molecule has 0 saturated carbocycles. The maximum Gasteiger partial charge on any atom is 0.251 e. The van der Waals surface area contributed by atoms with Crippen molar-refractivity contribution in [1.82, 2.24) is 0 Å². The van der Waals surface area contributed by atoms with Gasteiger partial charge in [0.05, 0.1) is 28.4 Å². The topological polar surface area (TPSA) is 46.2 Å². The van der Waals surface area contributed by atoms with Gasteiger partial charge in [-0.1, -0.05) is 34.3 Å². The van der Waals surface area contributed by atoms with Gasteiger partial charge in [-0.2, -0.15) is 0 Å². The number of fused-ring (bicyclic) bond motifs is 2. The molecule has 3 aromatic rings. The molecule has 4 rings (SSSR count). The molecular formula is C25H27BO5. The van der Waals surface area contributed by atoms with Crippen LogP contribution in [0.3, 0.4) is 0 Å². The molecule has 3 aromatic carbocycles. The van der Waals surface area contributed by atoms with Crippen LogP contribution >= 0.6 is 0 Å². The lowest BCUT2D eigenvalue weighted by Crippen LogP contribution is -2.56. The number of methoxy groups -OCH3 is 4. The van der Waals surface area contributed by atoms with E-state index in [-0.39, 0.29) is 6.71 Å². The van der Waals surface area contributed by atoms with Crippen LogP contribution in [0.2, 0.25) is 0 Å². The summed E-state index contributed by atoms with van der Waals surface area (Å²) in [5.74, 6) is 4.06. The van der Waals surface area contributed by atoms with E-state index in [4.69, 9.17) is 23.7 Å². The predicted molar refractivity (Wildman–Crippen MR) is 124 cm³/mol. The van der Waals surface area contributed by atoms with Gasteiger partial charge in [0.25, 0.3) is 6.71 Å². The summed E-state index contributed by atoms with van der Waals surface area (Å²) >= 11 is 0. The Kier molecular flexibility index (Phi) is 5.48. The quantitative estimate of drug-likeness (QED) is 0.466. The smallest absolute Gasteiger partial charge is 0.251 e. The number of rotatable bonds is 5. The maximum atomic E-state index is 6.35. The van der Waals surface area contributed by atoms with Crippen LogP contribution in [0.1, 0.15) is 16.7 Å². The van der Waals surface area contributed by atoms with Crippen molar-refractivity contribution in [1.29, 1.82) is 0 Å². The highest BCUT2D eigenvalue weighted by Gasteiger charge is 2.36. The molecule has 0 N–H and O–H groups in total. The maximum absolute atomic E-state index is 6.35. The van der Waals surface area contributed by atoms with E-state index in [2.05, 4.69) is 32.9 Å². The summed E-state index contributed by atoms with van der Waals surface area (Å²) in [5, 5.41) is 0. The fourth-order valence-electron chi connectivity index (χ4n) is 4.62. The minimum atomic E-state index is -0.0565. The Morgan fingerprint density at radius 2 is 0.968 bits per heavy atom. The third kappa shape index (κ3) is 3.46. The Balaban J connectivity index is 2.05. The molecule has 0 bridgehead atoms. The average molecular weight is 418 g/mol. The molecule has 6 heteroatoms. The second-order valence-corrected chi connectivity index (χ2v) is 7.84. The number of benzene rings is 3. The van der Waals surface area contributed by atoms with Crippen molar-refractivity contribution in [3.63, 3.8) is 0 Å². The summed E-state index contributed by atoms with van der Waals surface area (Å²) in [6.07, 6.45) is 0. The van der Waals surface area contributed by atoms with E-state index in [1.807, 2.05) is 24.3 Å². The molecule has 1 aliphatic heterocycles. The van der Waals surface area contributed by atoms with Gasteiger partial charge in [-0.3, -0.25) is 0 Å². The first-order valence-corrected chi connectivity index (χ1v) is 10.2. The Labute approximate surface area is 183 Å². The number of hydrogen-bond donors (Lipinski definition) is 0. The van der Waals surface area contributed by atoms with E-state index in [1.54, 1.807) is 28.4 Å². The second kappa shape index (κ2) is 8.10. The van der Waals surface area contributed by atoms with Gasteiger partial charge in [0.2, 0.25) is 0 Å². The van der Waals surface area contributed by atoms with Gasteiger partial charge in [-0.25, -0.2) is 0 Å². The molecule has 5 nitrogen and oxygen atoms in total. The minimum Gasteiger partial charge on any atom is -0.493 e. The average Bonchev–Trinajstić information content (AvgIpc) is 2.76. The van der Waals surface area contributed by atoms with Gasteiger partial charge in [-0.05, 0) is 43.8 Å². The van der Waals surface area contributed by atoms with Crippen LogP contribution in [0.25, 0.3) is 0 Å². The normalized spacial score (nSPS) is 11.9. The van der Waals surface area contributed by atoms with Crippen LogP contribution < -0.4 is 40.1 Å². The SMILES string of the molecule is COc1cc2c(cc1OC)B(c1c(C)cc(C)cc1C)c1cc(OC)c(OC)cc1O2. The standard InChI is InChI=1S/C25H27BO5/c1-14-8-15(2)25(16(3)9-14)26-17-10-21(27-4)23(29-6)12-19(17)31-20-13-24(30-7)22(28-5)11-18(20)26/h8-13H,1-7H3. The zero-order chi connectivity index (χ0) is 22.3. The molecule has 0 aromatic heterocycles. The van der Waals surface area contributed by atoms with E-state index in [1.165, 1.54) is 22.2 Å². The molecule has 0 amide bonds. The van der Waals surface area contributed by atoms with Crippen LogP contribution in [0.4, 0.5) is 0 Å². The third-order valence-corrected chi connectivity index (χ3v) is 5.90. The van der Waals surface area contributed by atoms with Gasteiger partial charge in [0.15, 0.2) is 23.0 Å². The van der Waals surface area contributed by atoms with E-state index >= 15 is 0 Å². The second-order valence-electron chi connectivity index (χ2n) is 7.84. The highest BCUT2D eigenvalue weighted by Crippen LogP contribution is 2.38. The van der Waals surface area contributed by atoms with Crippen molar-refractivity contribution in [3.8, 4) is 34.5 Å². The predicted octanol–water partition coefficient (Wildman–Crippen LogP) is 3.27. The molecule has 1 aliphatic rings. The first-order valence-electron chi connectivity index (χ1n) is 10.2. The van der Waals surface area contributed by atoms with Crippen molar-refractivity contribution in [2.75, 3.05) is 28.4 Å². The third-order valence-electron chi connectivity index (χ3n) is 5.90. The van der Waals surface area contributed by atoms with Crippen LogP contribution in [-0.2, 0) is 0 Å². The van der Waals surface area contributed by atoms with Crippen LogP contribution in [0.15, 0.2) is 36.4 Å². The molecule has 0 saturated heterocycles. The lowest BCUT2D eigenvalue weighted by Gasteiger charge is -2.30. The monoisotopic (exact) mass is 418 g/mol. The van der Waals surface area contributed by atoms with Crippen molar-refractivity contribution in [2.24, 2.45) is 0 Å². The Morgan fingerprint density at radius 1 is 0.581 bits per heavy atom. The number of aryl methyl sites for hydroxylation is 3. The Hall–Kier alpha value is -3.28. The summed E-state index contributed by atoms with van der Waals surface area (Å²) in [6.45, 7) is 6.38. The molecule has 0 unspecified atom stereocenters. The molecule has 0 radical (unpaired) electrons. The highest BCUT2D eigenvalue weighted by molar-refractivity contribution is 6.97. The van der Waals surface area contributed by atoms with Crippen LogP contribution in [0, 0.1) is 20.8 Å². The van der Waals surface area contributed by atoms with Crippen LogP contribution in [0.5, 0.6) is 34.5 Å². The fraction of sp³-hybridized carbons (Fsp3) is 0.280. The van der Waals surface area contributed by atoms with Gasteiger partial charge in [0.1, 0.15) is 11.5 Å². The lowest BCUT2D eigenvalue weighted by atomic mass is 9.34. The van der Waals surface area contributed by atoms with Gasteiger partial charge in [-0.15, -0.1) is 0 Å². The molecule has 1 heterocycles. The summed E-state index contributed by atoms with van der Waals surface area (Å²) in [6, 6.07) is 12.2. The largest absolute Gasteiger partial charge is 0.493 e. The zero-order valence-electron chi connectivity index (χ0n) is 19.1. The molecule has 160 valence electrons. The first-order chi connectivity index (χ1) is 14.9. The molecule has 0 spiro atoms. The highest BCUT2D eigenvalue weighted by atomic mass is 16.5. The van der Waals surface area contributed by atoms with E-state index in [0.29, 0.717) is 23.0 Å². The fourth-order valence-corrected chi connectivity index (χ4v) is 4.62. The summed E-state index contributed by atoms with van der Waals surface area (Å²) in [5.41, 5.74) is 6.98. The molecule has 0 atom stereocenters. The number of ether oxygens (including phenoxy) is 5. The Bertz CT molecular complexity index is 1070. The van der Waals surface area contributed by atoms with Crippen molar-refractivity contribution < 1.29 is 23.7 Å². The zero-order valence-corrected chi connectivity index (χ0v) is 19.1. The van der Waals surface area contributed by atoms with Crippen LogP contribution in [-0.4, -0.2) is 35.2 Å². The van der Waals surface area contributed by atoms with E-state index < -0.39 is 0 Å². The van der Waals surface area contributed by atoms with Crippen molar-refractivity contribution in [2.45, 2.75) is 20.8 Å². The van der Waals surface area contributed by atoms with Gasteiger partial charge in [0, 0.05) is 12.1 Å². The first kappa shape index (κ1) is 21.0. The van der Waals surface area contributed by atoms with Crippen molar-refractivity contribution in [3.05, 3.63) is 53.1 Å². The summed E-state index contributed by atoms with van der Waals surface area (Å²) in [4.78, 5) is 0. The van der Waals surface area contributed by atoms with Crippen molar-refractivity contribution >= 4 is 23.1 Å². The lowest BCUT2D eigenvalue weighted by molar-refractivity contribution is 0.349. The molecule has 0 aliphatic carbocycles. The molecule has 31 heavy (non-hydrogen) atoms. The van der Waals surface area contributed by atoms with Gasteiger partial charge < -0.3 is 23.7 Å². The van der Waals surface area contributed by atoms with Gasteiger partial charge >= 0.3 is 0 Å².